The second kappa shape index (κ2) is 5.98. The number of nitrogens with two attached hydrogens (primary N) is 2. The van der Waals surface area contributed by atoms with E-state index in [0.29, 0.717) is 12.2 Å². The minimum Gasteiger partial charge on any atom is -0.366 e. The third-order valence-corrected chi connectivity index (χ3v) is 2.67. The van der Waals surface area contributed by atoms with Gasteiger partial charge in [-0.1, -0.05) is 12.1 Å². The number of carbonyl (C=O) groups excluding carboxylic acids is 2. The molecule has 0 aliphatic rings. The molecule has 1 heterocycles. The van der Waals surface area contributed by atoms with Crippen molar-refractivity contribution in [1.29, 1.82) is 0 Å². The van der Waals surface area contributed by atoms with E-state index in [-0.39, 0.29) is 18.0 Å². The van der Waals surface area contributed by atoms with Crippen LogP contribution in [0.5, 0.6) is 0 Å². The predicted octanol–water partition coefficient (Wildman–Crippen LogP) is 0.0794. The lowest BCUT2D eigenvalue weighted by molar-refractivity contribution is -0.116. The maximum Gasteiger partial charge on any atom is 0.251 e. The van der Waals surface area contributed by atoms with Gasteiger partial charge in [-0.05, 0) is 17.7 Å². The summed E-state index contributed by atoms with van der Waals surface area (Å²) >= 11 is 0. The van der Waals surface area contributed by atoms with Crippen LogP contribution in [0, 0.1) is 0 Å². The third kappa shape index (κ3) is 3.42. The third-order valence-electron chi connectivity index (χ3n) is 2.67. The van der Waals surface area contributed by atoms with Gasteiger partial charge in [-0.25, -0.2) is 0 Å². The van der Waals surface area contributed by atoms with Crippen LogP contribution in [0.15, 0.2) is 36.7 Å². The monoisotopic (exact) mass is 273 g/mol. The number of hydrogen-bond acceptors (Lipinski definition) is 4. The molecule has 0 unspecified atom stereocenters. The van der Waals surface area contributed by atoms with Crippen LogP contribution >= 0.6 is 0 Å². The van der Waals surface area contributed by atoms with Crippen molar-refractivity contribution in [3.63, 3.8) is 0 Å². The number of aromatic nitrogens is 2. The number of anilines is 1. The van der Waals surface area contributed by atoms with Gasteiger partial charge in [0.15, 0.2) is 0 Å². The lowest BCUT2D eigenvalue weighted by atomic mass is 10.2. The summed E-state index contributed by atoms with van der Waals surface area (Å²) < 4.78 is 1.35. The van der Waals surface area contributed by atoms with E-state index in [4.69, 9.17) is 11.5 Å². The molecule has 1 aromatic carbocycles. The number of amides is 2. The van der Waals surface area contributed by atoms with Gasteiger partial charge >= 0.3 is 0 Å². The highest BCUT2D eigenvalue weighted by molar-refractivity contribution is 5.93. The van der Waals surface area contributed by atoms with E-state index in [2.05, 4.69) is 10.4 Å². The van der Waals surface area contributed by atoms with Gasteiger partial charge in [0.1, 0.15) is 6.54 Å². The molecule has 5 N–H and O–H groups in total. The number of primary amides is 1. The summed E-state index contributed by atoms with van der Waals surface area (Å²) in [4.78, 5) is 22.8. The normalized spacial score (nSPS) is 10.2. The minimum atomic E-state index is -0.577. The quantitative estimate of drug-likeness (QED) is 0.715. The molecule has 0 saturated carbocycles. The average Bonchev–Trinajstić information content (AvgIpc) is 2.87. The summed E-state index contributed by atoms with van der Waals surface area (Å²) in [6.07, 6.45) is 2.75. The van der Waals surface area contributed by atoms with Crippen LogP contribution < -0.4 is 16.8 Å². The highest BCUT2D eigenvalue weighted by atomic mass is 16.2. The Morgan fingerprint density at radius 1 is 1.35 bits per heavy atom. The molecule has 0 radical (unpaired) electrons. The van der Waals surface area contributed by atoms with Crippen LogP contribution in [0.25, 0.3) is 0 Å². The van der Waals surface area contributed by atoms with Crippen molar-refractivity contribution in [2.45, 2.75) is 13.1 Å². The second-order valence-electron chi connectivity index (χ2n) is 4.24. The van der Waals surface area contributed by atoms with E-state index in [1.165, 1.54) is 17.1 Å². The lowest BCUT2D eigenvalue weighted by Crippen LogP contribution is -2.19. The molecule has 0 fully saturated rings. The Balaban J connectivity index is 1.99. The van der Waals surface area contributed by atoms with Crippen LogP contribution in [0.1, 0.15) is 15.9 Å². The van der Waals surface area contributed by atoms with Gasteiger partial charge in [-0.2, -0.15) is 5.10 Å². The van der Waals surface area contributed by atoms with Gasteiger partial charge in [0.05, 0.1) is 11.8 Å². The molecule has 104 valence electrons. The van der Waals surface area contributed by atoms with Gasteiger partial charge < -0.3 is 16.8 Å². The maximum absolute atomic E-state index is 11.8. The molecular weight excluding hydrogens is 258 g/mol. The van der Waals surface area contributed by atoms with E-state index >= 15 is 0 Å². The number of nitrogens with one attached hydrogen (secondary N) is 1. The molecule has 7 heteroatoms. The molecule has 7 nitrogen and oxygen atoms in total. The fourth-order valence-corrected chi connectivity index (χ4v) is 1.70. The molecule has 0 saturated heterocycles. The highest BCUT2D eigenvalue weighted by Gasteiger charge is 2.08. The zero-order chi connectivity index (χ0) is 14.5. The number of nitrogens with zero attached hydrogens (tertiary/aromatic N) is 2. The molecular formula is C13H15N5O2. The predicted molar refractivity (Wildman–Crippen MR) is 73.7 cm³/mol. The van der Waals surface area contributed by atoms with E-state index in [1.54, 1.807) is 12.1 Å². The van der Waals surface area contributed by atoms with Gasteiger partial charge in [-0.15, -0.1) is 0 Å². The number of benzene rings is 1. The van der Waals surface area contributed by atoms with Crippen molar-refractivity contribution in [1.82, 2.24) is 9.78 Å². The SMILES string of the molecule is NCc1cccc(NC(=O)Cn2cc(C(N)=O)cn2)c1. The van der Waals surface area contributed by atoms with Crippen LogP contribution in [-0.2, 0) is 17.9 Å². The van der Waals surface area contributed by atoms with Crippen molar-refractivity contribution in [2.75, 3.05) is 5.32 Å². The Bertz CT molecular complexity index is 635. The Kier molecular flexibility index (Phi) is 4.11. The molecule has 0 atom stereocenters. The van der Waals surface area contributed by atoms with Crippen molar-refractivity contribution >= 4 is 17.5 Å². The number of carbonyl (C=O) groups is 2. The van der Waals surface area contributed by atoms with Crippen LogP contribution in [0.2, 0.25) is 0 Å². The molecule has 1 aromatic heterocycles. The fraction of sp³-hybridized carbons (Fsp3) is 0.154. The lowest BCUT2D eigenvalue weighted by Gasteiger charge is -2.06. The van der Waals surface area contributed by atoms with Crippen LogP contribution in [0.3, 0.4) is 0 Å². The number of hydrogen-bond donors (Lipinski definition) is 3. The molecule has 2 aromatic rings. The summed E-state index contributed by atoms with van der Waals surface area (Å²) in [5.74, 6) is -0.828. The Morgan fingerprint density at radius 3 is 2.80 bits per heavy atom. The Hall–Kier alpha value is -2.67. The Morgan fingerprint density at radius 2 is 2.15 bits per heavy atom. The summed E-state index contributed by atoms with van der Waals surface area (Å²) in [6.45, 7) is 0.408. The van der Waals surface area contributed by atoms with Crippen LogP contribution in [-0.4, -0.2) is 21.6 Å². The van der Waals surface area contributed by atoms with Crippen molar-refractivity contribution in [2.24, 2.45) is 11.5 Å². The fourth-order valence-electron chi connectivity index (χ4n) is 1.70. The molecule has 20 heavy (non-hydrogen) atoms. The van der Waals surface area contributed by atoms with E-state index < -0.39 is 5.91 Å². The first-order valence-corrected chi connectivity index (χ1v) is 5.99. The Labute approximate surface area is 115 Å². The molecule has 0 bridgehead atoms. The van der Waals surface area contributed by atoms with Crippen LogP contribution in [0.4, 0.5) is 5.69 Å². The van der Waals surface area contributed by atoms with Gasteiger partial charge in [0, 0.05) is 18.4 Å². The van der Waals surface area contributed by atoms with E-state index in [9.17, 15) is 9.59 Å². The minimum absolute atomic E-state index is 0.000132. The summed E-state index contributed by atoms with van der Waals surface area (Å²) in [5.41, 5.74) is 12.5. The second-order valence-corrected chi connectivity index (χ2v) is 4.24. The largest absolute Gasteiger partial charge is 0.366 e. The summed E-state index contributed by atoms with van der Waals surface area (Å²) in [6, 6.07) is 7.27. The first kappa shape index (κ1) is 13.8. The topological polar surface area (TPSA) is 116 Å². The van der Waals surface area contributed by atoms with Crippen molar-refractivity contribution < 1.29 is 9.59 Å². The highest BCUT2D eigenvalue weighted by Crippen LogP contribution is 2.10. The van der Waals surface area contributed by atoms with Crippen molar-refractivity contribution in [3.8, 4) is 0 Å². The summed E-state index contributed by atoms with van der Waals surface area (Å²) in [7, 11) is 0. The zero-order valence-electron chi connectivity index (χ0n) is 10.7. The first-order valence-electron chi connectivity index (χ1n) is 5.99. The number of rotatable bonds is 5. The molecule has 2 rings (SSSR count). The standard InChI is InChI=1S/C13H15N5O2/c14-5-9-2-1-3-11(4-9)17-12(19)8-18-7-10(6-16-18)13(15)20/h1-4,6-7H,5,8,14H2,(H2,15,20)(H,17,19). The van der Waals surface area contributed by atoms with Crippen molar-refractivity contribution in [3.05, 3.63) is 47.8 Å². The molecule has 2 amide bonds. The molecule has 0 aliphatic carbocycles. The van der Waals surface area contributed by atoms with E-state index in [1.807, 2.05) is 12.1 Å². The first-order chi connectivity index (χ1) is 9.58. The molecule has 0 aliphatic heterocycles. The zero-order valence-corrected chi connectivity index (χ0v) is 10.7. The summed E-state index contributed by atoms with van der Waals surface area (Å²) in [5, 5.41) is 6.62. The smallest absolute Gasteiger partial charge is 0.251 e. The van der Waals surface area contributed by atoms with Gasteiger partial charge in [0.25, 0.3) is 5.91 Å². The van der Waals surface area contributed by atoms with E-state index in [0.717, 1.165) is 5.56 Å². The maximum atomic E-state index is 11.8. The van der Waals surface area contributed by atoms with Gasteiger partial charge in [-0.3, -0.25) is 14.3 Å². The molecule has 0 spiro atoms. The van der Waals surface area contributed by atoms with Gasteiger partial charge in [0.2, 0.25) is 5.91 Å². The average molecular weight is 273 g/mol.